The van der Waals surface area contributed by atoms with Crippen molar-refractivity contribution in [3.05, 3.63) is 11.8 Å². The second-order valence-electron chi connectivity index (χ2n) is 2.81. The number of aromatic nitrogens is 1. The number of nitrogen functional groups attached to an aromatic ring is 1. The maximum absolute atomic E-state index is 12.0. The fourth-order valence-electron chi connectivity index (χ4n) is 1.05. The second-order valence-corrected chi connectivity index (χ2v) is 5.31. The number of nitriles is 1. The molecule has 0 aliphatic heterocycles. The zero-order valence-electron chi connectivity index (χ0n) is 8.19. The predicted molar refractivity (Wildman–Crippen MR) is 53.1 cm³/mol. The summed E-state index contributed by atoms with van der Waals surface area (Å²) in [6.45, 7) is 0. The van der Waals surface area contributed by atoms with E-state index >= 15 is 0 Å². The smallest absolute Gasteiger partial charge is 0.403 e. The minimum atomic E-state index is -5.11. The largest absolute Gasteiger partial charge is 0.573 e. The summed E-state index contributed by atoms with van der Waals surface area (Å²) >= 11 is 0. The van der Waals surface area contributed by atoms with Crippen molar-refractivity contribution in [1.82, 2.24) is 4.98 Å². The summed E-state index contributed by atoms with van der Waals surface area (Å²) in [4.78, 5) is 2.16. The summed E-state index contributed by atoms with van der Waals surface area (Å²) in [5.74, 6) is -1.80. The number of alkyl halides is 3. The number of pyridine rings is 1. The van der Waals surface area contributed by atoms with Crippen molar-refractivity contribution in [3.63, 3.8) is 0 Å². The summed E-state index contributed by atoms with van der Waals surface area (Å²) in [5.41, 5.74) is 4.19. The van der Waals surface area contributed by atoms with Crippen molar-refractivity contribution >= 4 is 25.6 Å². The molecule has 0 aliphatic rings. The van der Waals surface area contributed by atoms with Crippen LogP contribution in [0.25, 0.3) is 0 Å². The van der Waals surface area contributed by atoms with Crippen molar-refractivity contribution in [2.45, 2.75) is 11.3 Å². The van der Waals surface area contributed by atoms with Gasteiger partial charge in [-0.25, -0.2) is 13.4 Å². The molecule has 0 atom stereocenters. The van der Waals surface area contributed by atoms with Crippen LogP contribution in [0.1, 0.15) is 5.56 Å². The predicted octanol–water partition coefficient (Wildman–Crippen LogP) is 1.36. The monoisotopic (exact) mass is 301 g/mol. The van der Waals surface area contributed by atoms with E-state index in [0.717, 1.165) is 0 Å². The molecule has 98 valence electrons. The van der Waals surface area contributed by atoms with Crippen LogP contribution in [0.15, 0.2) is 11.1 Å². The van der Waals surface area contributed by atoms with Gasteiger partial charge >= 0.3 is 6.36 Å². The van der Waals surface area contributed by atoms with Crippen molar-refractivity contribution in [2.75, 3.05) is 5.73 Å². The SMILES string of the molecule is N#Cc1c(OC(F)(F)F)cnc(N)c1S(=O)(=O)Cl. The molecule has 1 aromatic heterocycles. The first-order chi connectivity index (χ1) is 8.06. The molecule has 1 aromatic rings. The number of rotatable bonds is 2. The molecule has 18 heavy (non-hydrogen) atoms. The van der Waals surface area contributed by atoms with E-state index in [1.807, 2.05) is 0 Å². The van der Waals surface area contributed by atoms with Gasteiger partial charge in [0.15, 0.2) is 5.75 Å². The number of nitrogens with two attached hydrogens (primary N) is 1. The van der Waals surface area contributed by atoms with Crippen LogP contribution >= 0.6 is 10.7 Å². The van der Waals surface area contributed by atoms with Crippen LogP contribution in [-0.2, 0) is 9.05 Å². The van der Waals surface area contributed by atoms with Gasteiger partial charge in [0.05, 0.1) is 6.20 Å². The Morgan fingerprint density at radius 2 is 2.06 bits per heavy atom. The molecule has 6 nitrogen and oxygen atoms in total. The third kappa shape index (κ3) is 3.14. The topological polar surface area (TPSA) is 106 Å². The zero-order chi connectivity index (χ0) is 14.1. The number of anilines is 1. The lowest BCUT2D eigenvalue weighted by molar-refractivity contribution is -0.274. The van der Waals surface area contributed by atoms with Crippen LogP contribution in [0.2, 0.25) is 0 Å². The second kappa shape index (κ2) is 4.51. The highest BCUT2D eigenvalue weighted by molar-refractivity contribution is 8.14. The van der Waals surface area contributed by atoms with Gasteiger partial charge in [-0.2, -0.15) is 5.26 Å². The Hall–Kier alpha value is -1.73. The molecule has 1 heterocycles. The van der Waals surface area contributed by atoms with Gasteiger partial charge < -0.3 is 10.5 Å². The minimum Gasteiger partial charge on any atom is -0.403 e. The lowest BCUT2D eigenvalue weighted by atomic mass is 10.2. The van der Waals surface area contributed by atoms with Crippen molar-refractivity contribution in [3.8, 4) is 11.8 Å². The highest BCUT2D eigenvalue weighted by Crippen LogP contribution is 2.33. The third-order valence-corrected chi connectivity index (χ3v) is 2.97. The molecule has 0 aromatic carbocycles. The Morgan fingerprint density at radius 1 is 1.50 bits per heavy atom. The summed E-state index contributed by atoms with van der Waals surface area (Å²) < 4.78 is 61.7. The van der Waals surface area contributed by atoms with E-state index in [1.54, 1.807) is 0 Å². The molecule has 0 fully saturated rings. The van der Waals surface area contributed by atoms with Crippen LogP contribution in [0.4, 0.5) is 19.0 Å². The van der Waals surface area contributed by atoms with E-state index in [-0.39, 0.29) is 0 Å². The highest BCUT2D eigenvalue weighted by atomic mass is 35.7. The summed E-state index contributed by atoms with van der Waals surface area (Å²) in [6.07, 6.45) is -4.64. The first-order valence-electron chi connectivity index (χ1n) is 3.95. The molecule has 0 amide bonds. The maximum atomic E-state index is 12.0. The first-order valence-corrected chi connectivity index (χ1v) is 6.26. The van der Waals surface area contributed by atoms with Crippen molar-refractivity contribution < 1.29 is 26.3 Å². The summed E-state index contributed by atoms with van der Waals surface area (Å²) in [5, 5.41) is 8.68. The lowest BCUT2D eigenvalue weighted by Gasteiger charge is -2.12. The zero-order valence-corrected chi connectivity index (χ0v) is 9.77. The summed E-state index contributed by atoms with van der Waals surface area (Å²) in [6, 6.07) is 1.23. The molecule has 0 unspecified atom stereocenters. The molecule has 0 spiro atoms. The molecular weight excluding hydrogens is 299 g/mol. The van der Waals surface area contributed by atoms with Gasteiger partial charge in [0.1, 0.15) is 22.3 Å². The lowest BCUT2D eigenvalue weighted by Crippen LogP contribution is -2.19. The number of hydrogen-bond donors (Lipinski definition) is 1. The molecule has 0 radical (unpaired) electrons. The Labute approximate surface area is 103 Å². The highest BCUT2D eigenvalue weighted by Gasteiger charge is 2.34. The summed E-state index contributed by atoms with van der Waals surface area (Å²) in [7, 11) is 0.416. The number of hydrogen-bond acceptors (Lipinski definition) is 6. The fraction of sp³-hybridized carbons (Fsp3) is 0.143. The van der Waals surface area contributed by atoms with E-state index < -0.39 is 37.4 Å². The average molecular weight is 302 g/mol. The Kier molecular flexibility index (Phi) is 3.59. The Bertz CT molecular complexity index is 623. The van der Waals surface area contributed by atoms with Gasteiger partial charge in [0.25, 0.3) is 9.05 Å². The number of halogens is 4. The molecule has 0 bridgehead atoms. The first kappa shape index (κ1) is 14.3. The molecule has 1 rings (SSSR count). The van der Waals surface area contributed by atoms with E-state index in [9.17, 15) is 21.6 Å². The average Bonchev–Trinajstić information content (AvgIpc) is 2.16. The van der Waals surface area contributed by atoms with E-state index in [0.29, 0.717) is 6.20 Å². The van der Waals surface area contributed by atoms with Gasteiger partial charge in [-0.05, 0) is 0 Å². The molecule has 2 N–H and O–H groups in total. The van der Waals surface area contributed by atoms with Crippen LogP contribution in [0.5, 0.6) is 5.75 Å². The van der Waals surface area contributed by atoms with E-state index in [1.165, 1.54) is 6.07 Å². The fourth-order valence-corrected chi connectivity index (χ4v) is 2.21. The van der Waals surface area contributed by atoms with Crippen molar-refractivity contribution in [2.24, 2.45) is 0 Å². The van der Waals surface area contributed by atoms with E-state index in [4.69, 9.17) is 21.7 Å². The molecule has 0 aliphatic carbocycles. The van der Waals surface area contributed by atoms with Crippen molar-refractivity contribution in [1.29, 1.82) is 5.26 Å². The van der Waals surface area contributed by atoms with Gasteiger partial charge in [-0.3, -0.25) is 0 Å². The standard InChI is InChI=1S/C7H3ClF3N3O3S/c8-18(15,16)5-3(1-12)4(2-14-6(5)13)17-7(9,10)11/h2H,(H2,13,14). The minimum absolute atomic E-state index is 0.479. The number of ether oxygens (including phenoxy) is 1. The Morgan fingerprint density at radius 3 is 2.44 bits per heavy atom. The van der Waals surface area contributed by atoms with Crippen LogP contribution in [-0.4, -0.2) is 19.8 Å². The third-order valence-electron chi connectivity index (χ3n) is 1.61. The van der Waals surface area contributed by atoms with Gasteiger partial charge in [0, 0.05) is 10.7 Å². The molecule has 11 heteroatoms. The molecule has 0 saturated carbocycles. The van der Waals surface area contributed by atoms with Crippen LogP contribution in [0, 0.1) is 11.3 Å². The Balaban J connectivity index is 3.56. The van der Waals surface area contributed by atoms with Gasteiger partial charge in [-0.15, -0.1) is 13.2 Å². The van der Waals surface area contributed by atoms with Gasteiger partial charge in [-0.1, -0.05) is 0 Å². The van der Waals surface area contributed by atoms with Crippen LogP contribution in [0.3, 0.4) is 0 Å². The van der Waals surface area contributed by atoms with Gasteiger partial charge in [0.2, 0.25) is 0 Å². The molecule has 0 saturated heterocycles. The van der Waals surface area contributed by atoms with E-state index in [2.05, 4.69) is 9.72 Å². The maximum Gasteiger partial charge on any atom is 0.573 e. The normalized spacial score (nSPS) is 11.9. The number of nitrogens with zero attached hydrogens (tertiary/aromatic N) is 2. The van der Waals surface area contributed by atoms with Crippen LogP contribution < -0.4 is 10.5 Å². The molecular formula is C7H3ClF3N3O3S. The quantitative estimate of drug-likeness (QED) is 0.827.